The van der Waals surface area contributed by atoms with Crippen molar-refractivity contribution in [2.45, 2.75) is 163 Å². The number of carbonyl (C=O) groups is 2. The summed E-state index contributed by atoms with van der Waals surface area (Å²) < 4.78 is 10.9. The van der Waals surface area contributed by atoms with Crippen LogP contribution in [0.4, 0.5) is 0 Å². The fourth-order valence-electron chi connectivity index (χ4n) is 4.35. The molecule has 0 heterocycles. The molecule has 0 aliphatic carbocycles. The molecule has 208 valence electrons. The van der Waals surface area contributed by atoms with Crippen LogP contribution in [0.2, 0.25) is 0 Å². The molecule has 0 aliphatic rings. The van der Waals surface area contributed by atoms with Crippen molar-refractivity contribution in [3.8, 4) is 0 Å². The molecule has 0 aromatic rings. The Kier molecular flexibility index (Phi) is 22.6. The number of rotatable bonds is 25. The lowest BCUT2D eigenvalue weighted by molar-refractivity contribution is -0.170. The maximum Gasteiger partial charge on any atom is 0.322 e. The summed E-state index contributed by atoms with van der Waals surface area (Å²) in [7, 11) is 0. The van der Waals surface area contributed by atoms with Crippen LogP contribution in [0, 0.1) is 11.3 Å². The fourth-order valence-corrected chi connectivity index (χ4v) is 4.35. The molecule has 0 aromatic heterocycles. The SMILES string of the molecule is CCCCCCCCCCCCCCCCCCOC(=O)C(C)(C)C(=O)OCC(CC)CCCC. The van der Waals surface area contributed by atoms with Crippen molar-refractivity contribution >= 4 is 11.9 Å². The molecule has 0 saturated heterocycles. The minimum Gasteiger partial charge on any atom is -0.465 e. The molecule has 0 bridgehead atoms. The van der Waals surface area contributed by atoms with Crippen molar-refractivity contribution in [3.63, 3.8) is 0 Å². The first kappa shape index (κ1) is 33.9. The first-order valence-electron chi connectivity index (χ1n) is 15.2. The lowest BCUT2D eigenvalue weighted by Gasteiger charge is -2.22. The van der Waals surface area contributed by atoms with Crippen molar-refractivity contribution in [3.05, 3.63) is 0 Å². The third-order valence-electron chi connectivity index (χ3n) is 7.25. The summed E-state index contributed by atoms with van der Waals surface area (Å²) in [5.41, 5.74) is -1.24. The van der Waals surface area contributed by atoms with E-state index in [2.05, 4.69) is 20.8 Å². The molecule has 0 N–H and O–H groups in total. The van der Waals surface area contributed by atoms with E-state index >= 15 is 0 Å². The van der Waals surface area contributed by atoms with E-state index in [0.717, 1.165) is 38.5 Å². The zero-order valence-corrected chi connectivity index (χ0v) is 24.3. The van der Waals surface area contributed by atoms with Gasteiger partial charge in [0.1, 0.15) is 0 Å². The van der Waals surface area contributed by atoms with Gasteiger partial charge in [-0.05, 0) is 32.6 Å². The Bertz CT molecular complexity index is 500. The van der Waals surface area contributed by atoms with Crippen LogP contribution >= 0.6 is 0 Å². The zero-order chi connectivity index (χ0) is 26.2. The number of hydrogen-bond acceptors (Lipinski definition) is 4. The van der Waals surface area contributed by atoms with Crippen LogP contribution in [-0.2, 0) is 19.1 Å². The Balaban J connectivity index is 3.66. The quantitative estimate of drug-likeness (QED) is 0.0717. The second kappa shape index (κ2) is 23.3. The molecule has 0 aromatic carbocycles. The van der Waals surface area contributed by atoms with E-state index in [1.807, 2.05) is 0 Å². The van der Waals surface area contributed by atoms with E-state index in [-0.39, 0.29) is 0 Å². The van der Waals surface area contributed by atoms with Crippen molar-refractivity contribution in [1.82, 2.24) is 0 Å². The molecule has 0 rings (SSSR count). The van der Waals surface area contributed by atoms with Gasteiger partial charge in [0, 0.05) is 0 Å². The van der Waals surface area contributed by atoms with Crippen LogP contribution in [-0.4, -0.2) is 25.2 Å². The maximum atomic E-state index is 12.5. The van der Waals surface area contributed by atoms with Crippen molar-refractivity contribution < 1.29 is 19.1 Å². The highest BCUT2D eigenvalue weighted by molar-refractivity contribution is 5.99. The smallest absolute Gasteiger partial charge is 0.322 e. The highest BCUT2D eigenvalue weighted by Gasteiger charge is 2.39. The van der Waals surface area contributed by atoms with Gasteiger partial charge >= 0.3 is 11.9 Å². The largest absolute Gasteiger partial charge is 0.465 e. The number of hydrogen-bond donors (Lipinski definition) is 0. The summed E-state index contributed by atoms with van der Waals surface area (Å²) in [5, 5.41) is 0. The maximum absolute atomic E-state index is 12.5. The Morgan fingerprint density at radius 3 is 1.40 bits per heavy atom. The number of unbranched alkanes of at least 4 members (excludes halogenated alkanes) is 16. The van der Waals surface area contributed by atoms with Crippen LogP contribution in [0.5, 0.6) is 0 Å². The van der Waals surface area contributed by atoms with Crippen LogP contribution in [0.25, 0.3) is 0 Å². The van der Waals surface area contributed by atoms with Gasteiger partial charge in [-0.2, -0.15) is 0 Å². The van der Waals surface area contributed by atoms with E-state index < -0.39 is 17.4 Å². The summed E-state index contributed by atoms with van der Waals surface area (Å²) >= 11 is 0. The normalized spacial score (nSPS) is 12.5. The molecule has 4 nitrogen and oxygen atoms in total. The van der Waals surface area contributed by atoms with E-state index in [1.54, 1.807) is 13.8 Å². The Labute approximate surface area is 218 Å². The molecule has 1 unspecified atom stereocenters. The molecular formula is C31H60O4. The molecule has 0 amide bonds. The van der Waals surface area contributed by atoms with E-state index in [4.69, 9.17) is 9.47 Å². The predicted molar refractivity (Wildman–Crippen MR) is 149 cm³/mol. The summed E-state index contributed by atoms with van der Waals surface area (Å²) in [4.78, 5) is 24.9. The average molecular weight is 497 g/mol. The minimum absolute atomic E-state index is 0.371. The molecule has 0 aliphatic heterocycles. The summed E-state index contributed by atoms with van der Waals surface area (Å²) in [6, 6.07) is 0. The highest BCUT2D eigenvalue weighted by atomic mass is 16.6. The topological polar surface area (TPSA) is 52.6 Å². The first-order valence-corrected chi connectivity index (χ1v) is 15.2. The van der Waals surface area contributed by atoms with Gasteiger partial charge in [-0.1, -0.05) is 136 Å². The van der Waals surface area contributed by atoms with Gasteiger partial charge in [0.2, 0.25) is 0 Å². The van der Waals surface area contributed by atoms with Crippen LogP contribution in [0.1, 0.15) is 163 Å². The number of ether oxygens (including phenoxy) is 2. The van der Waals surface area contributed by atoms with Gasteiger partial charge in [-0.25, -0.2) is 0 Å². The van der Waals surface area contributed by atoms with Crippen molar-refractivity contribution in [2.75, 3.05) is 13.2 Å². The predicted octanol–water partition coefficient (Wildman–Crippen LogP) is 9.58. The van der Waals surface area contributed by atoms with Gasteiger partial charge in [-0.15, -0.1) is 0 Å². The van der Waals surface area contributed by atoms with Crippen LogP contribution in [0.15, 0.2) is 0 Å². The van der Waals surface area contributed by atoms with Gasteiger partial charge in [-0.3, -0.25) is 9.59 Å². The van der Waals surface area contributed by atoms with E-state index in [1.165, 1.54) is 89.9 Å². The van der Waals surface area contributed by atoms with Crippen LogP contribution in [0.3, 0.4) is 0 Å². The number of esters is 2. The van der Waals surface area contributed by atoms with Gasteiger partial charge in [0.15, 0.2) is 5.41 Å². The molecule has 0 fully saturated rings. The lowest BCUT2D eigenvalue weighted by Crippen LogP contribution is -2.37. The first-order chi connectivity index (χ1) is 16.9. The van der Waals surface area contributed by atoms with Gasteiger partial charge in [0.25, 0.3) is 0 Å². The summed E-state index contributed by atoms with van der Waals surface area (Å²) in [5.74, 6) is -0.565. The molecule has 0 saturated carbocycles. The highest BCUT2D eigenvalue weighted by Crippen LogP contribution is 2.22. The van der Waals surface area contributed by atoms with Crippen molar-refractivity contribution in [2.24, 2.45) is 11.3 Å². The van der Waals surface area contributed by atoms with Gasteiger partial charge < -0.3 is 9.47 Å². The third kappa shape index (κ3) is 18.8. The molecular weight excluding hydrogens is 436 g/mol. The summed E-state index contributed by atoms with van der Waals surface area (Å²) in [6.07, 6.45) is 25.4. The molecule has 4 heteroatoms. The standard InChI is InChI=1S/C31H60O4/c1-6-9-11-12-13-14-15-16-17-18-19-20-21-22-23-24-26-34-29(32)31(4,5)30(33)35-27-28(8-3)25-10-7-2/h28H,6-27H2,1-5H3. The molecule has 35 heavy (non-hydrogen) atoms. The van der Waals surface area contributed by atoms with E-state index in [0.29, 0.717) is 19.1 Å². The molecule has 0 radical (unpaired) electrons. The molecule has 0 spiro atoms. The Morgan fingerprint density at radius 2 is 0.971 bits per heavy atom. The average Bonchev–Trinajstić information content (AvgIpc) is 2.85. The monoisotopic (exact) mass is 496 g/mol. The molecule has 1 atom stereocenters. The van der Waals surface area contributed by atoms with Crippen LogP contribution < -0.4 is 0 Å². The third-order valence-corrected chi connectivity index (χ3v) is 7.25. The summed E-state index contributed by atoms with van der Waals surface area (Å²) in [6.45, 7) is 10.6. The Hall–Kier alpha value is -1.06. The minimum atomic E-state index is -1.24. The number of carbonyl (C=O) groups excluding carboxylic acids is 2. The Morgan fingerprint density at radius 1 is 0.571 bits per heavy atom. The second-order valence-corrected chi connectivity index (χ2v) is 11.1. The fraction of sp³-hybridized carbons (Fsp3) is 0.935. The zero-order valence-electron chi connectivity index (χ0n) is 24.3. The lowest BCUT2D eigenvalue weighted by atomic mass is 9.93. The van der Waals surface area contributed by atoms with Gasteiger partial charge in [0.05, 0.1) is 13.2 Å². The van der Waals surface area contributed by atoms with Crippen molar-refractivity contribution in [1.29, 1.82) is 0 Å². The second-order valence-electron chi connectivity index (χ2n) is 11.1. The van der Waals surface area contributed by atoms with E-state index in [9.17, 15) is 9.59 Å².